The van der Waals surface area contributed by atoms with Gasteiger partial charge >= 0.3 is 5.97 Å². The van der Waals surface area contributed by atoms with Gasteiger partial charge in [0.1, 0.15) is 23.4 Å². The molecule has 62 heavy (non-hydrogen) atoms. The molecule has 2 aliphatic heterocycles. The monoisotopic (exact) mass is 887 g/mol. The number of carbonyl (C=O) groups is 6. The second kappa shape index (κ2) is 21.2. The van der Waals surface area contributed by atoms with Crippen molar-refractivity contribution in [2.45, 2.75) is 123 Å². The Bertz CT molecular complexity index is 2040. The zero-order valence-electron chi connectivity index (χ0n) is 36.3. The van der Waals surface area contributed by atoms with Crippen LogP contribution in [0.5, 0.6) is 5.75 Å². The summed E-state index contributed by atoms with van der Waals surface area (Å²) in [7, 11) is -4.08. The van der Waals surface area contributed by atoms with Gasteiger partial charge in [0.2, 0.25) is 23.6 Å². The lowest BCUT2D eigenvalue weighted by molar-refractivity contribution is -0.158. The standard InChI is InChI=1S/C42H61N7O12S/c1-8-11-30(35(52)38(54)44-23-33(51)46-34(40(56)61-42(5,6)7)26-14-16-27(17-15-26)48-62(43,57)58)45-37(53)31-22-29-24-49(31)39(55)36(41(2,3)4)47-32(50)21-25-12-9-13-28(20-25)59-18-10-19-60-29/h9,12-17,20,29-31,34-36,48,52H,8,10-11,18-19,21-24H2,1-7H3,(H,44,54)(H,45,53)(H,46,51)(H,47,50)(H2,43,57,58)/t29-,30?,31+,34+,35?,36-/m1/s1. The maximum absolute atomic E-state index is 14.4. The fraction of sp³-hybridized carbons (Fsp3) is 0.571. The summed E-state index contributed by atoms with van der Waals surface area (Å²) in [4.78, 5) is 82.9. The highest BCUT2D eigenvalue weighted by Gasteiger charge is 2.46. The molecule has 5 amide bonds. The molecular formula is C42H61N7O12S. The molecule has 2 aliphatic rings. The van der Waals surface area contributed by atoms with Gasteiger partial charge in [0.25, 0.3) is 16.1 Å². The second-order valence-electron chi connectivity index (χ2n) is 17.5. The van der Waals surface area contributed by atoms with E-state index >= 15 is 0 Å². The van der Waals surface area contributed by atoms with Crippen molar-refractivity contribution >= 4 is 51.4 Å². The van der Waals surface area contributed by atoms with Crippen LogP contribution in [0.2, 0.25) is 0 Å². The molecule has 8 N–H and O–H groups in total. The lowest BCUT2D eigenvalue weighted by Crippen LogP contribution is -2.59. The number of hydrogen-bond donors (Lipinski definition) is 7. The molecular weight excluding hydrogens is 827 g/mol. The third-order valence-corrected chi connectivity index (χ3v) is 10.4. The third kappa shape index (κ3) is 14.9. The van der Waals surface area contributed by atoms with E-state index in [2.05, 4.69) is 26.0 Å². The Morgan fingerprint density at radius 3 is 2.34 bits per heavy atom. The Labute approximate surface area is 362 Å². The smallest absolute Gasteiger partial charge is 0.333 e. The van der Waals surface area contributed by atoms with E-state index in [9.17, 15) is 42.3 Å². The molecule has 19 nitrogen and oxygen atoms in total. The van der Waals surface area contributed by atoms with Gasteiger partial charge in [0.05, 0.1) is 38.3 Å². The number of nitrogens with two attached hydrogens (primary N) is 1. The molecule has 0 aromatic heterocycles. The van der Waals surface area contributed by atoms with Crippen LogP contribution in [0.4, 0.5) is 5.69 Å². The maximum Gasteiger partial charge on any atom is 0.333 e. The molecule has 0 aliphatic carbocycles. The molecule has 342 valence electrons. The first-order valence-electron chi connectivity index (χ1n) is 20.6. The third-order valence-electron chi connectivity index (χ3n) is 9.89. The van der Waals surface area contributed by atoms with Crippen LogP contribution >= 0.6 is 0 Å². The Kier molecular flexibility index (Phi) is 16.9. The van der Waals surface area contributed by atoms with Crippen molar-refractivity contribution in [3.8, 4) is 5.75 Å². The number of aliphatic hydroxyl groups is 1. The summed E-state index contributed by atoms with van der Waals surface area (Å²) in [5.41, 5.74) is -0.688. The molecule has 20 heteroatoms. The van der Waals surface area contributed by atoms with E-state index in [1.165, 1.54) is 29.2 Å². The van der Waals surface area contributed by atoms with E-state index in [1.807, 2.05) is 0 Å². The topological polar surface area (TPSA) is 274 Å². The minimum Gasteiger partial charge on any atom is -0.493 e. The van der Waals surface area contributed by atoms with Crippen molar-refractivity contribution in [3.05, 3.63) is 59.7 Å². The van der Waals surface area contributed by atoms with Crippen molar-refractivity contribution in [1.82, 2.24) is 26.2 Å². The van der Waals surface area contributed by atoms with Crippen molar-refractivity contribution < 1.29 is 56.5 Å². The summed E-state index contributed by atoms with van der Waals surface area (Å²) < 4.78 is 42.5. The van der Waals surface area contributed by atoms with Crippen LogP contribution in [-0.4, -0.2) is 116 Å². The SMILES string of the molecule is CCCC(NC(=O)[C@@H]1C[C@@H]2CN1C(=O)[C@H](C(C)(C)C)NC(=O)Cc1cccc(c1)OCCCO2)C(O)C(=O)NCC(=O)N[C@H](C(=O)OC(C)(C)C)c1ccc(NS(N)(=O)=O)cc1. The fourth-order valence-corrected chi connectivity index (χ4v) is 7.44. The maximum atomic E-state index is 14.4. The molecule has 2 unspecified atom stereocenters. The molecule has 6 atom stereocenters. The molecule has 4 bridgehead atoms. The molecule has 2 aromatic rings. The van der Waals surface area contributed by atoms with Gasteiger partial charge in [-0.15, -0.1) is 0 Å². The minimum atomic E-state index is -4.08. The number of hydrogen-bond acceptors (Lipinski definition) is 12. The van der Waals surface area contributed by atoms with Crippen LogP contribution in [0.1, 0.15) is 91.3 Å². The molecule has 1 fully saturated rings. The largest absolute Gasteiger partial charge is 0.493 e. The van der Waals surface area contributed by atoms with Crippen LogP contribution in [0, 0.1) is 5.41 Å². The minimum absolute atomic E-state index is 0.00542. The first kappa shape index (κ1) is 49.3. The summed E-state index contributed by atoms with van der Waals surface area (Å²) in [5, 5.41) is 26.8. The molecule has 0 spiro atoms. The first-order chi connectivity index (χ1) is 28.9. The highest BCUT2D eigenvalue weighted by atomic mass is 32.2. The van der Waals surface area contributed by atoms with E-state index in [-0.39, 0.29) is 43.7 Å². The number of rotatable bonds is 13. The van der Waals surface area contributed by atoms with E-state index in [0.29, 0.717) is 30.8 Å². The van der Waals surface area contributed by atoms with Gasteiger partial charge in [-0.05, 0) is 68.0 Å². The lowest BCUT2D eigenvalue weighted by Gasteiger charge is -2.36. The van der Waals surface area contributed by atoms with Gasteiger partial charge in [-0.25, -0.2) is 9.93 Å². The number of aliphatic hydroxyl groups excluding tert-OH is 1. The Morgan fingerprint density at radius 2 is 1.71 bits per heavy atom. The summed E-state index contributed by atoms with van der Waals surface area (Å²) in [6, 6.07) is 7.95. The predicted molar refractivity (Wildman–Crippen MR) is 227 cm³/mol. The second-order valence-corrected chi connectivity index (χ2v) is 18.8. The van der Waals surface area contributed by atoms with Gasteiger partial charge in [-0.1, -0.05) is 58.4 Å². The van der Waals surface area contributed by atoms with Gasteiger partial charge in [-0.2, -0.15) is 8.42 Å². The van der Waals surface area contributed by atoms with Crippen LogP contribution < -0.4 is 35.9 Å². The number of benzene rings is 2. The Morgan fingerprint density at radius 1 is 1.02 bits per heavy atom. The molecule has 2 heterocycles. The normalized spacial score (nSPS) is 20.4. The van der Waals surface area contributed by atoms with Gasteiger partial charge in [0.15, 0.2) is 12.1 Å². The summed E-state index contributed by atoms with van der Waals surface area (Å²) in [6.45, 7) is 12.1. The fourth-order valence-electron chi connectivity index (χ4n) is 6.98. The average Bonchev–Trinajstić information content (AvgIpc) is 3.60. The summed E-state index contributed by atoms with van der Waals surface area (Å²) in [5.74, 6) is -3.59. The lowest BCUT2D eigenvalue weighted by atomic mass is 9.85. The van der Waals surface area contributed by atoms with Crippen molar-refractivity contribution in [1.29, 1.82) is 0 Å². The number of ether oxygens (including phenoxy) is 3. The zero-order chi connectivity index (χ0) is 46.0. The molecule has 0 saturated carbocycles. The van der Waals surface area contributed by atoms with Crippen molar-refractivity contribution in [3.63, 3.8) is 0 Å². The van der Waals surface area contributed by atoms with E-state index in [4.69, 9.17) is 19.3 Å². The van der Waals surface area contributed by atoms with E-state index in [0.717, 1.165) is 0 Å². The number of carbonyl (C=O) groups excluding carboxylic acids is 6. The number of nitrogens with one attached hydrogen (secondary N) is 5. The quantitative estimate of drug-likeness (QED) is 0.139. The average molecular weight is 888 g/mol. The van der Waals surface area contributed by atoms with Crippen LogP contribution in [-0.2, 0) is 54.9 Å². The van der Waals surface area contributed by atoms with Crippen LogP contribution in [0.25, 0.3) is 0 Å². The van der Waals surface area contributed by atoms with Crippen LogP contribution in [0.3, 0.4) is 0 Å². The Hall–Kier alpha value is -5.31. The number of fused-ring (bicyclic) bond motifs is 4. The molecule has 4 rings (SSSR count). The van der Waals surface area contributed by atoms with Crippen LogP contribution in [0.15, 0.2) is 48.5 Å². The Balaban J connectivity index is 1.47. The number of anilines is 1. The predicted octanol–water partition coefficient (Wildman–Crippen LogP) is 1.11. The van der Waals surface area contributed by atoms with Crippen molar-refractivity contribution in [2.24, 2.45) is 10.6 Å². The van der Waals surface area contributed by atoms with Gasteiger partial charge < -0.3 is 45.5 Å². The highest BCUT2D eigenvalue weighted by molar-refractivity contribution is 7.90. The number of amides is 5. The van der Waals surface area contributed by atoms with Crippen molar-refractivity contribution in [2.75, 3.05) is 31.0 Å². The molecule has 1 saturated heterocycles. The summed E-state index contributed by atoms with van der Waals surface area (Å²) in [6.07, 6.45) is -1.18. The number of nitrogens with zero attached hydrogens (tertiary/aromatic N) is 1. The first-order valence-corrected chi connectivity index (χ1v) is 22.1. The summed E-state index contributed by atoms with van der Waals surface area (Å²) >= 11 is 0. The van der Waals surface area contributed by atoms with E-state index in [1.54, 1.807) is 72.7 Å². The zero-order valence-corrected chi connectivity index (χ0v) is 37.1. The molecule has 2 aromatic carbocycles. The molecule has 0 radical (unpaired) electrons. The van der Waals surface area contributed by atoms with Gasteiger partial charge in [-0.3, -0.25) is 28.7 Å². The van der Waals surface area contributed by atoms with Gasteiger partial charge in [0, 0.05) is 25.1 Å². The number of esters is 1. The highest BCUT2D eigenvalue weighted by Crippen LogP contribution is 2.28. The van der Waals surface area contributed by atoms with E-state index < -0.39 is 99.7 Å².